The van der Waals surface area contributed by atoms with Gasteiger partial charge in [0.05, 0.1) is 14.2 Å². The van der Waals surface area contributed by atoms with Crippen LogP contribution < -0.4 is 14.8 Å². The highest BCUT2D eigenvalue weighted by molar-refractivity contribution is 5.72. The molecule has 0 amide bonds. The fraction of sp³-hybridized carbons (Fsp3) is 0.294. The Bertz CT molecular complexity index is 628. The predicted octanol–water partition coefficient (Wildman–Crippen LogP) is 3.79. The van der Waals surface area contributed by atoms with Gasteiger partial charge in [-0.15, -0.1) is 0 Å². The summed E-state index contributed by atoms with van der Waals surface area (Å²) in [4.78, 5) is 0. The minimum atomic E-state index is -0.385. The lowest BCUT2D eigenvalue weighted by Gasteiger charge is -2.15. The summed E-state index contributed by atoms with van der Waals surface area (Å²) in [6.07, 6.45) is 0. The third kappa shape index (κ3) is 3.16. The van der Waals surface area contributed by atoms with Crippen molar-refractivity contribution < 1.29 is 13.9 Å². The normalized spacial score (nSPS) is 12.0. The number of halogens is 1. The van der Waals surface area contributed by atoms with Gasteiger partial charge in [-0.05, 0) is 49.4 Å². The molecule has 2 rings (SSSR count). The Morgan fingerprint density at radius 1 is 1.00 bits per heavy atom. The van der Waals surface area contributed by atoms with E-state index in [1.54, 1.807) is 13.2 Å². The Labute approximate surface area is 124 Å². The molecule has 0 heterocycles. The molecule has 4 heteroatoms. The molecule has 0 aliphatic carbocycles. The second-order valence-electron chi connectivity index (χ2n) is 4.82. The molecule has 2 aromatic carbocycles. The summed E-state index contributed by atoms with van der Waals surface area (Å²) < 4.78 is 24.3. The third-order valence-electron chi connectivity index (χ3n) is 3.62. The van der Waals surface area contributed by atoms with E-state index in [0.717, 1.165) is 16.7 Å². The fourth-order valence-electron chi connectivity index (χ4n) is 2.22. The Kier molecular flexibility index (Phi) is 4.81. The van der Waals surface area contributed by atoms with Gasteiger partial charge in [-0.3, -0.25) is 0 Å². The van der Waals surface area contributed by atoms with Gasteiger partial charge in [0.25, 0.3) is 0 Å². The van der Waals surface area contributed by atoms with Gasteiger partial charge in [-0.1, -0.05) is 12.1 Å². The molecule has 112 valence electrons. The first kappa shape index (κ1) is 15.3. The molecule has 21 heavy (non-hydrogen) atoms. The summed E-state index contributed by atoms with van der Waals surface area (Å²) in [6.45, 7) is 2.07. The molecule has 0 aliphatic rings. The van der Waals surface area contributed by atoms with Crippen molar-refractivity contribution in [2.75, 3.05) is 21.3 Å². The van der Waals surface area contributed by atoms with Crippen LogP contribution in [-0.2, 0) is 0 Å². The Hall–Kier alpha value is -2.07. The molecule has 0 aliphatic heterocycles. The third-order valence-corrected chi connectivity index (χ3v) is 3.62. The Morgan fingerprint density at radius 2 is 1.67 bits per heavy atom. The van der Waals surface area contributed by atoms with Gasteiger partial charge in [0.15, 0.2) is 11.6 Å². The van der Waals surface area contributed by atoms with Crippen molar-refractivity contribution in [3.05, 3.63) is 47.8 Å². The lowest BCUT2D eigenvalue weighted by molar-refractivity contribution is 0.386. The van der Waals surface area contributed by atoms with Crippen LogP contribution >= 0.6 is 0 Å². The predicted molar refractivity (Wildman–Crippen MR) is 82.4 cm³/mol. The second kappa shape index (κ2) is 6.59. The van der Waals surface area contributed by atoms with E-state index in [4.69, 9.17) is 9.47 Å². The zero-order valence-electron chi connectivity index (χ0n) is 12.7. The quantitative estimate of drug-likeness (QED) is 0.908. The number of hydrogen-bond acceptors (Lipinski definition) is 3. The number of hydrogen-bond donors (Lipinski definition) is 1. The van der Waals surface area contributed by atoms with Crippen LogP contribution in [0.15, 0.2) is 36.4 Å². The van der Waals surface area contributed by atoms with E-state index in [0.29, 0.717) is 5.75 Å². The van der Waals surface area contributed by atoms with Crippen molar-refractivity contribution >= 4 is 0 Å². The maximum atomic E-state index is 13.9. The molecule has 0 aromatic heterocycles. The average Bonchev–Trinajstić information content (AvgIpc) is 2.53. The first-order valence-electron chi connectivity index (χ1n) is 6.79. The summed E-state index contributed by atoms with van der Waals surface area (Å²) in [7, 11) is 4.97. The number of ether oxygens (including phenoxy) is 2. The van der Waals surface area contributed by atoms with Gasteiger partial charge in [-0.25, -0.2) is 4.39 Å². The maximum Gasteiger partial charge on any atom is 0.165 e. The van der Waals surface area contributed by atoms with Crippen molar-refractivity contribution in [3.63, 3.8) is 0 Å². The van der Waals surface area contributed by atoms with Crippen LogP contribution in [0.4, 0.5) is 4.39 Å². The average molecular weight is 289 g/mol. The van der Waals surface area contributed by atoms with Crippen LogP contribution in [0.2, 0.25) is 0 Å². The molecule has 0 saturated heterocycles. The van der Waals surface area contributed by atoms with Crippen LogP contribution in [0.3, 0.4) is 0 Å². The molecule has 3 nitrogen and oxygen atoms in total. The topological polar surface area (TPSA) is 30.5 Å². The van der Waals surface area contributed by atoms with E-state index in [1.807, 2.05) is 31.3 Å². The molecule has 1 atom stereocenters. The van der Waals surface area contributed by atoms with E-state index < -0.39 is 0 Å². The first-order valence-corrected chi connectivity index (χ1v) is 6.79. The lowest BCUT2D eigenvalue weighted by atomic mass is 9.99. The highest BCUT2D eigenvalue weighted by Crippen LogP contribution is 2.34. The first-order chi connectivity index (χ1) is 10.1. The molecule has 0 spiro atoms. The van der Waals surface area contributed by atoms with E-state index in [-0.39, 0.29) is 17.6 Å². The van der Waals surface area contributed by atoms with Gasteiger partial charge in [0, 0.05) is 11.6 Å². The van der Waals surface area contributed by atoms with Crippen LogP contribution in [0.5, 0.6) is 11.5 Å². The second-order valence-corrected chi connectivity index (χ2v) is 4.82. The summed E-state index contributed by atoms with van der Waals surface area (Å²) >= 11 is 0. The molecule has 0 radical (unpaired) electrons. The summed E-state index contributed by atoms with van der Waals surface area (Å²) in [5, 5.41) is 3.19. The Morgan fingerprint density at radius 3 is 2.24 bits per heavy atom. The van der Waals surface area contributed by atoms with Crippen molar-refractivity contribution in [1.29, 1.82) is 0 Å². The summed E-state index contributed by atoms with van der Waals surface area (Å²) in [5.41, 5.74) is 2.73. The minimum absolute atomic E-state index is 0.206. The van der Waals surface area contributed by atoms with Crippen molar-refractivity contribution in [2.24, 2.45) is 0 Å². The Balaban J connectivity index is 2.52. The lowest BCUT2D eigenvalue weighted by Crippen LogP contribution is -2.12. The van der Waals surface area contributed by atoms with Gasteiger partial charge in [0.2, 0.25) is 0 Å². The number of rotatable bonds is 5. The van der Waals surface area contributed by atoms with Crippen LogP contribution in [0, 0.1) is 5.82 Å². The number of nitrogens with one attached hydrogen (secondary N) is 1. The summed E-state index contributed by atoms with van der Waals surface area (Å²) in [6, 6.07) is 11.0. The van der Waals surface area contributed by atoms with Gasteiger partial charge >= 0.3 is 0 Å². The van der Waals surface area contributed by atoms with E-state index in [9.17, 15) is 4.39 Å². The smallest absolute Gasteiger partial charge is 0.165 e. The largest absolute Gasteiger partial charge is 0.496 e. The fourth-order valence-corrected chi connectivity index (χ4v) is 2.22. The molecule has 2 aromatic rings. The molecule has 1 N–H and O–H groups in total. The highest BCUT2D eigenvalue weighted by atomic mass is 19.1. The molecule has 1 unspecified atom stereocenters. The minimum Gasteiger partial charge on any atom is -0.496 e. The van der Waals surface area contributed by atoms with Crippen molar-refractivity contribution in [1.82, 2.24) is 5.32 Å². The van der Waals surface area contributed by atoms with Crippen LogP contribution in [-0.4, -0.2) is 21.3 Å². The van der Waals surface area contributed by atoms with E-state index in [1.165, 1.54) is 13.2 Å². The summed E-state index contributed by atoms with van der Waals surface area (Å²) in [5.74, 6) is 0.563. The monoisotopic (exact) mass is 289 g/mol. The van der Waals surface area contributed by atoms with E-state index >= 15 is 0 Å². The molecule has 0 saturated carbocycles. The molecular weight excluding hydrogens is 269 g/mol. The SMILES string of the molecule is CNC(C)c1ccc(OC)c(-c2ccc(OC)c(F)c2)c1. The molecule has 0 bridgehead atoms. The zero-order chi connectivity index (χ0) is 15.4. The van der Waals surface area contributed by atoms with Gasteiger partial charge in [0.1, 0.15) is 5.75 Å². The van der Waals surface area contributed by atoms with Gasteiger partial charge < -0.3 is 14.8 Å². The standard InChI is InChI=1S/C17H20FNO2/c1-11(19-2)12-5-7-16(20-3)14(9-12)13-6-8-17(21-4)15(18)10-13/h5-11,19H,1-4H3. The zero-order valence-corrected chi connectivity index (χ0v) is 12.7. The number of methoxy groups -OCH3 is 2. The van der Waals surface area contributed by atoms with Crippen LogP contribution in [0.25, 0.3) is 11.1 Å². The van der Waals surface area contributed by atoms with Gasteiger partial charge in [-0.2, -0.15) is 0 Å². The number of benzene rings is 2. The van der Waals surface area contributed by atoms with Crippen LogP contribution in [0.1, 0.15) is 18.5 Å². The molecule has 0 fully saturated rings. The molecular formula is C17H20FNO2. The maximum absolute atomic E-state index is 13.9. The van der Waals surface area contributed by atoms with Crippen molar-refractivity contribution in [2.45, 2.75) is 13.0 Å². The van der Waals surface area contributed by atoms with Crippen molar-refractivity contribution in [3.8, 4) is 22.6 Å². The van der Waals surface area contributed by atoms with E-state index in [2.05, 4.69) is 12.2 Å². The highest BCUT2D eigenvalue weighted by Gasteiger charge is 2.12.